The minimum atomic E-state index is -0.527. The highest BCUT2D eigenvalue weighted by Gasteiger charge is 2.16. The average molecular weight is 370 g/mol. The van der Waals surface area contributed by atoms with Crippen LogP contribution in [0, 0.1) is 0 Å². The molecule has 0 fully saturated rings. The number of aromatic nitrogens is 2. The van der Waals surface area contributed by atoms with Gasteiger partial charge in [0.25, 0.3) is 5.89 Å². The van der Waals surface area contributed by atoms with Crippen molar-refractivity contribution in [1.29, 1.82) is 0 Å². The molecule has 0 amide bonds. The van der Waals surface area contributed by atoms with Crippen LogP contribution in [-0.4, -0.2) is 35.4 Å². The predicted octanol–water partition coefficient (Wildman–Crippen LogP) is 2.60. The van der Waals surface area contributed by atoms with Crippen molar-refractivity contribution in [3.05, 3.63) is 59.5 Å². The summed E-state index contributed by atoms with van der Waals surface area (Å²) in [7, 11) is 3.09. The molecule has 3 aromatic rings. The second-order valence-corrected chi connectivity index (χ2v) is 5.51. The van der Waals surface area contributed by atoms with Crippen LogP contribution in [0.15, 0.2) is 47.0 Å². The van der Waals surface area contributed by atoms with Gasteiger partial charge in [-0.25, -0.2) is 4.79 Å². The molecule has 0 saturated heterocycles. The van der Waals surface area contributed by atoms with E-state index in [1.165, 1.54) is 7.11 Å². The van der Waals surface area contributed by atoms with Gasteiger partial charge in [0.2, 0.25) is 5.82 Å². The summed E-state index contributed by atoms with van der Waals surface area (Å²) in [6, 6.07) is 11.7. The molecule has 140 valence electrons. The SMILES string of the molecule is COc1ccc(-c2noc(COC(=O)c3ccc(CO)cc3)n2)c(OC)c1. The number of aliphatic hydroxyl groups excluding tert-OH is 1. The summed E-state index contributed by atoms with van der Waals surface area (Å²) >= 11 is 0. The molecule has 0 radical (unpaired) electrons. The van der Waals surface area contributed by atoms with E-state index in [2.05, 4.69) is 10.1 Å². The van der Waals surface area contributed by atoms with E-state index in [9.17, 15) is 4.79 Å². The molecule has 0 bridgehead atoms. The van der Waals surface area contributed by atoms with E-state index < -0.39 is 5.97 Å². The molecule has 0 aliphatic carbocycles. The highest BCUT2D eigenvalue weighted by Crippen LogP contribution is 2.31. The number of carbonyl (C=O) groups is 1. The van der Waals surface area contributed by atoms with E-state index in [4.69, 9.17) is 23.8 Å². The largest absolute Gasteiger partial charge is 0.497 e. The lowest BCUT2D eigenvalue weighted by Crippen LogP contribution is -2.05. The first kappa shape index (κ1) is 18.4. The zero-order valence-electron chi connectivity index (χ0n) is 14.8. The van der Waals surface area contributed by atoms with Crippen LogP contribution in [0.3, 0.4) is 0 Å². The summed E-state index contributed by atoms with van der Waals surface area (Å²) < 4.78 is 20.8. The van der Waals surface area contributed by atoms with Gasteiger partial charge >= 0.3 is 5.97 Å². The Morgan fingerprint density at radius 1 is 1.11 bits per heavy atom. The van der Waals surface area contributed by atoms with Crippen molar-refractivity contribution in [2.24, 2.45) is 0 Å². The van der Waals surface area contributed by atoms with Gasteiger partial charge in [-0.1, -0.05) is 17.3 Å². The summed E-state index contributed by atoms with van der Waals surface area (Å²) in [6.45, 7) is -0.249. The number of benzene rings is 2. The summed E-state index contributed by atoms with van der Waals surface area (Å²) in [5.74, 6) is 1.11. The third-order valence-electron chi connectivity index (χ3n) is 3.82. The number of rotatable bonds is 7. The van der Waals surface area contributed by atoms with E-state index in [1.54, 1.807) is 49.6 Å². The zero-order valence-corrected chi connectivity index (χ0v) is 14.8. The number of hydrogen-bond donors (Lipinski definition) is 1. The van der Waals surface area contributed by atoms with Gasteiger partial charge in [0.05, 0.1) is 32.0 Å². The molecule has 3 rings (SSSR count). The minimum Gasteiger partial charge on any atom is -0.497 e. The summed E-state index contributed by atoms with van der Waals surface area (Å²) in [5, 5.41) is 12.9. The van der Waals surface area contributed by atoms with Gasteiger partial charge in [-0.3, -0.25) is 0 Å². The van der Waals surface area contributed by atoms with Crippen molar-refractivity contribution in [3.63, 3.8) is 0 Å². The fourth-order valence-corrected chi connectivity index (χ4v) is 2.36. The third-order valence-corrected chi connectivity index (χ3v) is 3.82. The lowest BCUT2D eigenvalue weighted by atomic mass is 10.1. The van der Waals surface area contributed by atoms with Crippen LogP contribution >= 0.6 is 0 Å². The van der Waals surface area contributed by atoms with E-state index in [0.29, 0.717) is 34.0 Å². The van der Waals surface area contributed by atoms with E-state index in [-0.39, 0.29) is 19.1 Å². The van der Waals surface area contributed by atoms with Crippen molar-refractivity contribution in [2.45, 2.75) is 13.2 Å². The fourth-order valence-electron chi connectivity index (χ4n) is 2.36. The van der Waals surface area contributed by atoms with E-state index in [1.807, 2.05) is 0 Å². The molecule has 8 nitrogen and oxygen atoms in total. The maximum absolute atomic E-state index is 12.1. The predicted molar refractivity (Wildman–Crippen MR) is 94.3 cm³/mol. The van der Waals surface area contributed by atoms with Crippen LogP contribution in [0.5, 0.6) is 11.5 Å². The van der Waals surface area contributed by atoms with Gasteiger partial charge in [-0.05, 0) is 29.8 Å². The second-order valence-electron chi connectivity index (χ2n) is 5.51. The normalized spacial score (nSPS) is 10.5. The van der Waals surface area contributed by atoms with E-state index in [0.717, 1.165) is 0 Å². The van der Waals surface area contributed by atoms with Crippen LogP contribution in [0.1, 0.15) is 21.8 Å². The second kappa shape index (κ2) is 8.33. The number of carbonyl (C=O) groups excluding carboxylic acids is 1. The van der Waals surface area contributed by atoms with E-state index >= 15 is 0 Å². The molecule has 0 aliphatic heterocycles. The first-order chi connectivity index (χ1) is 13.1. The van der Waals surface area contributed by atoms with Crippen LogP contribution in [0.4, 0.5) is 0 Å². The molecular formula is C19H18N2O6. The van der Waals surface area contributed by atoms with Crippen LogP contribution in [0.25, 0.3) is 11.4 Å². The molecule has 0 spiro atoms. The Kier molecular flexibility index (Phi) is 5.68. The molecule has 0 saturated carbocycles. The van der Waals surface area contributed by atoms with Crippen molar-refractivity contribution in [1.82, 2.24) is 10.1 Å². The Bertz CT molecular complexity index is 920. The minimum absolute atomic E-state index is 0.0884. The Labute approximate surface area is 155 Å². The smallest absolute Gasteiger partial charge is 0.338 e. The number of methoxy groups -OCH3 is 2. The topological polar surface area (TPSA) is 104 Å². The molecular weight excluding hydrogens is 352 g/mol. The fraction of sp³-hybridized carbons (Fsp3) is 0.211. The Morgan fingerprint density at radius 2 is 1.89 bits per heavy atom. The third kappa shape index (κ3) is 4.24. The van der Waals surface area contributed by atoms with Gasteiger partial charge in [0, 0.05) is 6.07 Å². The number of esters is 1. The highest BCUT2D eigenvalue weighted by molar-refractivity contribution is 5.89. The lowest BCUT2D eigenvalue weighted by Gasteiger charge is -2.07. The van der Waals surface area contributed by atoms with Gasteiger partial charge < -0.3 is 23.8 Å². The van der Waals surface area contributed by atoms with Gasteiger partial charge in [-0.2, -0.15) is 4.98 Å². The Hall–Kier alpha value is -3.39. The summed E-state index contributed by atoms with van der Waals surface area (Å²) in [5.41, 5.74) is 1.70. The quantitative estimate of drug-likeness (QED) is 0.633. The van der Waals surface area contributed by atoms with Crippen molar-refractivity contribution in [3.8, 4) is 22.9 Å². The van der Waals surface area contributed by atoms with Crippen LogP contribution in [-0.2, 0) is 18.0 Å². The molecule has 1 aromatic heterocycles. The lowest BCUT2D eigenvalue weighted by molar-refractivity contribution is 0.0429. The molecule has 27 heavy (non-hydrogen) atoms. The Balaban J connectivity index is 1.68. The number of hydrogen-bond acceptors (Lipinski definition) is 8. The van der Waals surface area contributed by atoms with Crippen molar-refractivity contribution >= 4 is 5.97 Å². The average Bonchev–Trinajstić information content (AvgIpc) is 3.20. The van der Waals surface area contributed by atoms with Gasteiger partial charge in [0.15, 0.2) is 6.61 Å². The molecule has 0 unspecified atom stereocenters. The monoisotopic (exact) mass is 370 g/mol. The number of ether oxygens (including phenoxy) is 3. The number of nitrogens with zero attached hydrogens (tertiary/aromatic N) is 2. The van der Waals surface area contributed by atoms with Crippen LogP contribution < -0.4 is 9.47 Å². The molecule has 0 aliphatic rings. The molecule has 0 atom stereocenters. The van der Waals surface area contributed by atoms with Crippen LogP contribution in [0.2, 0.25) is 0 Å². The van der Waals surface area contributed by atoms with Gasteiger partial charge in [-0.15, -0.1) is 0 Å². The first-order valence-electron chi connectivity index (χ1n) is 8.06. The maximum atomic E-state index is 12.1. The number of aliphatic hydroxyl groups is 1. The summed E-state index contributed by atoms with van der Waals surface area (Å²) in [6.07, 6.45) is 0. The first-order valence-corrected chi connectivity index (χ1v) is 8.06. The highest BCUT2D eigenvalue weighted by atomic mass is 16.6. The molecule has 1 heterocycles. The maximum Gasteiger partial charge on any atom is 0.338 e. The van der Waals surface area contributed by atoms with Gasteiger partial charge in [0.1, 0.15) is 11.5 Å². The zero-order chi connectivity index (χ0) is 19.2. The van der Waals surface area contributed by atoms with Crippen molar-refractivity contribution < 1.29 is 28.6 Å². The molecule has 1 N–H and O–H groups in total. The summed E-state index contributed by atoms with van der Waals surface area (Å²) in [4.78, 5) is 16.3. The molecule has 2 aromatic carbocycles. The Morgan fingerprint density at radius 3 is 2.56 bits per heavy atom. The molecule has 8 heteroatoms. The van der Waals surface area contributed by atoms with Crippen molar-refractivity contribution in [2.75, 3.05) is 14.2 Å². The standard InChI is InChI=1S/C19H18N2O6/c1-24-14-7-8-15(16(9-14)25-2)18-20-17(27-21-18)11-26-19(23)13-5-3-12(10-22)4-6-13/h3-9,22H,10-11H2,1-2H3.